The number of aromatic nitrogens is 4. The second-order valence-corrected chi connectivity index (χ2v) is 7.77. The molecule has 0 amide bonds. The number of hydrogen-bond donors (Lipinski definition) is 0. The third-order valence-electron chi connectivity index (χ3n) is 5.70. The molecule has 0 atom stereocenters. The first-order chi connectivity index (χ1) is 14.8. The average molecular weight is 399 g/mol. The molecule has 152 valence electrons. The number of nitrogens with zero attached hydrogens (tertiary/aromatic N) is 5. The minimum Gasteiger partial charge on any atom is -0.341 e. The molecule has 1 fully saturated rings. The summed E-state index contributed by atoms with van der Waals surface area (Å²) in [5.74, 6) is 1.47. The first-order valence-electron chi connectivity index (χ1n) is 10.7. The van der Waals surface area contributed by atoms with Crippen molar-refractivity contribution in [1.82, 2.24) is 19.2 Å². The fourth-order valence-electron chi connectivity index (χ4n) is 4.18. The third kappa shape index (κ3) is 3.49. The van der Waals surface area contributed by atoms with Crippen molar-refractivity contribution in [3.05, 3.63) is 76.6 Å². The maximum Gasteiger partial charge on any atom is 0.282 e. The molecule has 6 heteroatoms. The molecule has 1 aliphatic rings. The van der Waals surface area contributed by atoms with E-state index < -0.39 is 0 Å². The van der Waals surface area contributed by atoms with Crippen LogP contribution in [0.4, 0.5) is 5.95 Å². The minimum atomic E-state index is -0.207. The summed E-state index contributed by atoms with van der Waals surface area (Å²) in [5.41, 5.74) is 1.79. The highest BCUT2D eigenvalue weighted by molar-refractivity contribution is 5.81. The molecule has 0 radical (unpaired) electrons. The second-order valence-electron chi connectivity index (χ2n) is 7.77. The van der Waals surface area contributed by atoms with E-state index >= 15 is 0 Å². The summed E-state index contributed by atoms with van der Waals surface area (Å²) in [5, 5.41) is 5.56. The third-order valence-corrected chi connectivity index (χ3v) is 5.70. The molecule has 2 aromatic carbocycles. The van der Waals surface area contributed by atoms with Crippen LogP contribution in [0.5, 0.6) is 0 Å². The lowest BCUT2D eigenvalue weighted by Gasteiger charge is -2.20. The van der Waals surface area contributed by atoms with Crippen molar-refractivity contribution in [3.63, 3.8) is 0 Å². The number of anilines is 1. The van der Waals surface area contributed by atoms with E-state index in [2.05, 4.69) is 38.6 Å². The number of hydrogen-bond acceptors (Lipinski definition) is 4. The number of rotatable bonds is 4. The van der Waals surface area contributed by atoms with Crippen LogP contribution in [0, 0.1) is 0 Å². The zero-order valence-corrected chi connectivity index (χ0v) is 16.9. The predicted octanol–water partition coefficient (Wildman–Crippen LogP) is 4.14. The maximum absolute atomic E-state index is 12.7. The van der Waals surface area contributed by atoms with Gasteiger partial charge in [-0.25, -0.2) is 9.08 Å². The highest BCUT2D eigenvalue weighted by Crippen LogP contribution is 2.23. The van der Waals surface area contributed by atoms with Crippen LogP contribution in [0.1, 0.15) is 31.2 Å². The highest BCUT2D eigenvalue weighted by Gasteiger charge is 2.20. The van der Waals surface area contributed by atoms with E-state index in [0.29, 0.717) is 17.7 Å². The molecule has 0 aliphatic carbocycles. The van der Waals surface area contributed by atoms with Crippen LogP contribution in [-0.2, 0) is 6.54 Å². The van der Waals surface area contributed by atoms with Crippen molar-refractivity contribution in [2.24, 2.45) is 0 Å². The van der Waals surface area contributed by atoms with Gasteiger partial charge in [0.05, 0.1) is 17.4 Å². The molecule has 5 rings (SSSR count). The van der Waals surface area contributed by atoms with Gasteiger partial charge in [0, 0.05) is 13.1 Å². The second kappa shape index (κ2) is 8.14. The Hall–Kier alpha value is -3.41. The van der Waals surface area contributed by atoms with Gasteiger partial charge in [-0.15, -0.1) is 5.10 Å². The minimum absolute atomic E-state index is 0.207. The van der Waals surface area contributed by atoms with Crippen LogP contribution >= 0.6 is 0 Å². The quantitative estimate of drug-likeness (QED) is 0.518. The van der Waals surface area contributed by atoms with Crippen molar-refractivity contribution >= 4 is 28.7 Å². The topological polar surface area (TPSA) is 55.4 Å². The largest absolute Gasteiger partial charge is 0.341 e. The fraction of sp³-hybridized carbons (Fsp3) is 0.292. The standard InChI is InChI=1S/C24H25N5O/c30-22-20-14-6-7-15-21(20)29-23(25-22)28(18-10-13-19-11-4-3-5-12-19)26-24(29)27-16-8-1-2-9-17-27/h3-7,10-15H,1-2,8-9,16-18H2/b13-10+. The zero-order chi connectivity index (χ0) is 20.3. The van der Waals surface area contributed by atoms with Crippen molar-refractivity contribution in [2.75, 3.05) is 18.0 Å². The molecule has 6 nitrogen and oxygen atoms in total. The van der Waals surface area contributed by atoms with Gasteiger partial charge in [0.2, 0.25) is 11.7 Å². The smallest absolute Gasteiger partial charge is 0.282 e. The van der Waals surface area contributed by atoms with Crippen LogP contribution in [-0.4, -0.2) is 32.3 Å². The number of benzene rings is 2. The van der Waals surface area contributed by atoms with Crippen molar-refractivity contribution in [3.8, 4) is 0 Å². The van der Waals surface area contributed by atoms with Crippen LogP contribution in [0.15, 0.2) is 65.5 Å². The first kappa shape index (κ1) is 18.6. The Balaban J connectivity index is 1.63. The van der Waals surface area contributed by atoms with E-state index in [9.17, 15) is 4.79 Å². The fourth-order valence-corrected chi connectivity index (χ4v) is 4.18. The Morgan fingerprint density at radius 2 is 1.63 bits per heavy atom. The van der Waals surface area contributed by atoms with Gasteiger partial charge in [-0.3, -0.25) is 4.79 Å². The van der Waals surface area contributed by atoms with E-state index in [-0.39, 0.29) is 5.56 Å². The Kier molecular flexibility index (Phi) is 5.05. The summed E-state index contributed by atoms with van der Waals surface area (Å²) in [6.45, 7) is 2.51. The maximum atomic E-state index is 12.7. The molecule has 1 aliphatic heterocycles. The molecular formula is C24H25N5O. The van der Waals surface area contributed by atoms with Gasteiger partial charge >= 0.3 is 0 Å². The monoisotopic (exact) mass is 399 g/mol. The Morgan fingerprint density at radius 1 is 0.900 bits per heavy atom. The molecular weight excluding hydrogens is 374 g/mol. The average Bonchev–Trinajstić information content (AvgIpc) is 2.95. The van der Waals surface area contributed by atoms with Crippen molar-refractivity contribution in [2.45, 2.75) is 32.2 Å². The van der Waals surface area contributed by atoms with Crippen molar-refractivity contribution in [1.29, 1.82) is 0 Å². The zero-order valence-electron chi connectivity index (χ0n) is 16.9. The van der Waals surface area contributed by atoms with Gasteiger partial charge in [-0.1, -0.05) is 67.5 Å². The lowest BCUT2D eigenvalue weighted by molar-refractivity contribution is 0.697. The summed E-state index contributed by atoms with van der Waals surface area (Å²) in [6, 6.07) is 17.9. The van der Waals surface area contributed by atoms with Crippen LogP contribution < -0.4 is 10.5 Å². The molecule has 3 heterocycles. The van der Waals surface area contributed by atoms with Gasteiger partial charge in [0.25, 0.3) is 5.56 Å². The summed E-state index contributed by atoms with van der Waals surface area (Å²) in [6.07, 6.45) is 8.97. The van der Waals surface area contributed by atoms with Gasteiger partial charge in [-0.05, 0) is 30.5 Å². The number of allylic oxidation sites excluding steroid dienone is 1. The van der Waals surface area contributed by atoms with E-state index in [1.165, 1.54) is 12.8 Å². The Bertz CT molecular complexity index is 1250. The lowest BCUT2D eigenvalue weighted by atomic mass is 10.2. The highest BCUT2D eigenvalue weighted by atomic mass is 16.1. The summed E-state index contributed by atoms with van der Waals surface area (Å²) >= 11 is 0. The molecule has 30 heavy (non-hydrogen) atoms. The molecule has 0 bridgehead atoms. The lowest BCUT2D eigenvalue weighted by Crippen LogP contribution is -2.26. The van der Waals surface area contributed by atoms with Crippen LogP contribution in [0.2, 0.25) is 0 Å². The van der Waals surface area contributed by atoms with E-state index in [4.69, 9.17) is 5.10 Å². The van der Waals surface area contributed by atoms with Crippen molar-refractivity contribution < 1.29 is 0 Å². The Morgan fingerprint density at radius 3 is 2.43 bits per heavy atom. The molecule has 0 unspecified atom stereocenters. The van der Waals surface area contributed by atoms with Crippen LogP contribution in [0.3, 0.4) is 0 Å². The van der Waals surface area contributed by atoms with Gasteiger partial charge in [-0.2, -0.15) is 4.98 Å². The Labute approximate surface area is 175 Å². The molecule has 0 spiro atoms. The van der Waals surface area contributed by atoms with Gasteiger partial charge < -0.3 is 4.90 Å². The molecule has 0 saturated carbocycles. The van der Waals surface area contributed by atoms with Crippen LogP contribution in [0.25, 0.3) is 22.8 Å². The molecule has 0 N–H and O–H groups in total. The van der Waals surface area contributed by atoms with Gasteiger partial charge in [0.1, 0.15) is 0 Å². The number of fused-ring (bicyclic) bond motifs is 3. The molecule has 2 aromatic heterocycles. The SMILES string of the molecule is O=c1nc2n(C/C=C/c3ccccc3)nc(N3CCCCCC3)n2c2ccccc12. The predicted molar refractivity (Wildman–Crippen MR) is 121 cm³/mol. The van der Waals surface area contributed by atoms with Gasteiger partial charge in [0.15, 0.2) is 0 Å². The first-order valence-corrected chi connectivity index (χ1v) is 10.7. The summed E-state index contributed by atoms with van der Waals surface area (Å²) in [4.78, 5) is 19.4. The normalized spacial score (nSPS) is 15.3. The summed E-state index contributed by atoms with van der Waals surface area (Å²) < 4.78 is 3.89. The van der Waals surface area contributed by atoms with E-state index in [1.54, 1.807) is 0 Å². The molecule has 1 saturated heterocycles. The molecule has 4 aromatic rings. The van der Waals surface area contributed by atoms with E-state index in [1.807, 2.05) is 47.1 Å². The number of para-hydroxylation sites is 1. The summed E-state index contributed by atoms with van der Waals surface area (Å²) in [7, 11) is 0. The van der Waals surface area contributed by atoms with E-state index in [0.717, 1.165) is 43.0 Å².